The monoisotopic (exact) mass is 288 g/mol. The van der Waals surface area contributed by atoms with Crippen LogP contribution in [0.4, 0.5) is 5.69 Å². The van der Waals surface area contributed by atoms with Gasteiger partial charge in [0, 0.05) is 18.3 Å². The van der Waals surface area contributed by atoms with Gasteiger partial charge in [0.05, 0.1) is 6.10 Å². The van der Waals surface area contributed by atoms with Crippen molar-refractivity contribution in [1.29, 1.82) is 0 Å². The number of nitrogens with two attached hydrogens (primary N) is 1. The van der Waals surface area contributed by atoms with Crippen molar-refractivity contribution in [3.8, 4) is 0 Å². The lowest BCUT2D eigenvalue weighted by atomic mass is 9.98. The highest BCUT2D eigenvalue weighted by atomic mass is 16.5. The molecule has 3 nitrogen and oxygen atoms in total. The number of nitrogen functional groups attached to an aromatic ring is 1. The van der Waals surface area contributed by atoms with Gasteiger partial charge in [-0.3, -0.25) is 0 Å². The number of hydrogen-bond donors (Lipinski definition) is 2. The molecule has 1 fully saturated rings. The molecular formula is C18H28N2O. The Morgan fingerprint density at radius 2 is 2.00 bits per heavy atom. The first-order valence-electron chi connectivity index (χ1n) is 8.56. The minimum atomic E-state index is 0.510. The molecule has 116 valence electrons. The van der Waals surface area contributed by atoms with Gasteiger partial charge in [0.15, 0.2) is 0 Å². The van der Waals surface area contributed by atoms with Gasteiger partial charge in [-0.25, -0.2) is 0 Å². The molecule has 0 heterocycles. The molecule has 0 spiro atoms. The van der Waals surface area contributed by atoms with Crippen LogP contribution in [0.15, 0.2) is 18.2 Å². The molecule has 1 aromatic carbocycles. The quantitative estimate of drug-likeness (QED) is 0.621. The summed E-state index contributed by atoms with van der Waals surface area (Å²) < 4.78 is 5.98. The van der Waals surface area contributed by atoms with Crippen molar-refractivity contribution in [2.45, 2.75) is 63.5 Å². The van der Waals surface area contributed by atoms with E-state index in [4.69, 9.17) is 10.5 Å². The van der Waals surface area contributed by atoms with Gasteiger partial charge in [-0.05, 0) is 61.9 Å². The molecule has 0 amide bonds. The number of ether oxygens (including phenoxy) is 1. The Bertz CT molecular complexity index is 455. The maximum absolute atomic E-state index is 5.98. The molecule has 0 saturated heterocycles. The summed E-state index contributed by atoms with van der Waals surface area (Å²) in [4.78, 5) is 0. The van der Waals surface area contributed by atoms with E-state index in [0.717, 1.165) is 31.7 Å². The van der Waals surface area contributed by atoms with E-state index in [1.54, 1.807) is 0 Å². The van der Waals surface area contributed by atoms with E-state index in [1.165, 1.54) is 49.7 Å². The maximum atomic E-state index is 5.98. The van der Waals surface area contributed by atoms with Gasteiger partial charge >= 0.3 is 0 Å². The minimum absolute atomic E-state index is 0.510. The van der Waals surface area contributed by atoms with Crippen molar-refractivity contribution >= 4 is 5.69 Å². The van der Waals surface area contributed by atoms with Gasteiger partial charge in [0.25, 0.3) is 0 Å². The van der Waals surface area contributed by atoms with E-state index in [1.807, 2.05) is 6.07 Å². The number of aryl methyl sites for hydroxylation is 1. The zero-order chi connectivity index (χ0) is 14.5. The summed E-state index contributed by atoms with van der Waals surface area (Å²) in [6.07, 6.45) is 10.6. The fourth-order valence-electron chi connectivity index (χ4n) is 3.68. The molecule has 1 saturated carbocycles. The Hall–Kier alpha value is -1.06. The topological polar surface area (TPSA) is 47.3 Å². The second kappa shape index (κ2) is 7.28. The molecule has 1 aromatic rings. The summed E-state index contributed by atoms with van der Waals surface area (Å²) in [5.41, 5.74) is 9.60. The first-order chi connectivity index (χ1) is 10.3. The summed E-state index contributed by atoms with van der Waals surface area (Å²) in [6, 6.07) is 6.84. The van der Waals surface area contributed by atoms with E-state index >= 15 is 0 Å². The number of fused-ring (bicyclic) bond motifs is 1. The third-order valence-electron chi connectivity index (χ3n) is 4.86. The summed E-state index contributed by atoms with van der Waals surface area (Å²) in [6.45, 7) is 1.94. The largest absolute Gasteiger partial charge is 0.399 e. The minimum Gasteiger partial charge on any atom is -0.399 e. The van der Waals surface area contributed by atoms with Crippen LogP contribution in [0.2, 0.25) is 0 Å². The first kappa shape index (κ1) is 14.9. The molecular weight excluding hydrogens is 260 g/mol. The van der Waals surface area contributed by atoms with Crippen molar-refractivity contribution in [1.82, 2.24) is 5.32 Å². The lowest BCUT2D eigenvalue weighted by Crippen LogP contribution is -2.23. The summed E-state index contributed by atoms with van der Waals surface area (Å²) >= 11 is 0. The number of hydrogen-bond acceptors (Lipinski definition) is 3. The van der Waals surface area contributed by atoms with E-state index in [9.17, 15) is 0 Å². The predicted molar refractivity (Wildman–Crippen MR) is 87.4 cm³/mol. The first-order valence-corrected chi connectivity index (χ1v) is 8.56. The van der Waals surface area contributed by atoms with Gasteiger partial charge in [-0.15, -0.1) is 0 Å². The van der Waals surface area contributed by atoms with E-state index in [2.05, 4.69) is 17.4 Å². The molecule has 2 aliphatic rings. The number of benzene rings is 1. The van der Waals surface area contributed by atoms with Gasteiger partial charge < -0.3 is 15.8 Å². The molecule has 2 aliphatic carbocycles. The van der Waals surface area contributed by atoms with Gasteiger partial charge in [0.1, 0.15) is 0 Å². The van der Waals surface area contributed by atoms with Crippen molar-refractivity contribution in [3.05, 3.63) is 29.3 Å². The second-order valence-corrected chi connectivity index (χ2v) is 6.49. The van der Waals surface area contributed by atoms with Crippen LogP contribution in [0.1, 0.15) is 62.1 Å². The Morgan fingerprint density at radius 3 is 2.86 bits per heavy atom. The standard InChI is InChI=1S/C18H28N2O/c19-15-8-9-17-14(13-15)7-10-18(17)20-11-4-12-21-16-5-2-1-3-6-16/h8-9,13,16,18,20H,1-7,10-12,19H2. The molecule has 3 heteroatoms. The Labute approximate surface area is 128 Å². The number of rotatable bonds is 6. The van der Waals surface area contributed by atoms with Crippen LogP contribution in [0.3, 0.4) is 0 Å². The van der Waals surface area contributed by atoms with Gasteiger partial charge in [-0.1, -0.05) is 25.3 Å². The summed E-state index contributed by atoms with van der Waals surface area (Å²) in [7, 11) is 0. The van der Waals surface area contributed by atoms with Crippen LogP contribution in [-0.4, -0.2) is 19.3 Å². The van der Waals surface area contributed by atoms with Crippen LogP contribution in [-0.2, 0) is 11.2 Å². The Balaban J connectivity index is 1.35. The molecule has 1 atom stereocenters. The third kappa shape index (κ3) is 3.98. The smallest absolute Gasteiger partial charge is 0.0575 e. The highest BCUT2D eigenvalue weighted by Gasteiger charge is 2.21. The number of nitrogens with one attached hydrogen (secondary N) is 1. The van der Waals surface area contributed by atoms with E-state index in [-0.39, 0.29) is 0 Å². The van der Waals surface area contributed by atoms with Crippen molar-refractivity contribution in [3.63, 3.8) is 0 Å². The maximum Gasteiger partial charge on any atom is 0.0575 e. The number of anilines is 1. The highest BCUT2D eigenvalue weighted by molar-refractivity contribution is 5.47. The van der Waals surface area contributed by atoms with Crippen molar-refractivity contribution in [2.75, 3.05) is 18.9 Å². The molecule has 3 N–H and O–H groups in total. The predicted octanol–water partition coefficient (Wildman–Crippen LogP) is 3.59. The van der Waals surface area contributed by atoms with Crippen LogP contribution in [0.5, 0.6) is 0 Å². The average molecular weight is 288 g/mol. The van der Waals surface area contributed by atoms with Crippen molar-refractivity contribution < 1.29 is 4.74 Å². The molecule has 1 unspecified atom stereocenters. The lowest BCUT2D eigenvalue weighted by molar-refractivity contribution is 0.0271. The zero-order valence-electron chi connectivity index (χ0n) is 12.9. The van der Waals surface area contributed by atoms with Crippen LogP contribution >= 0.6 is 0 Å². The molecule has 0 radical (unpaired) electrons. The van der Waals surface area contributed by atoms with Crippen molar-refractivity contribution in [2.24, 2.45) is 0 Å². The van der Waals surface area contributed by atoms with Crippen LogP contribution < -0.4 is 11.1 Å². The fraction of sp³-hybridized carbons (Fsp3) is 0.667. The highest BCUT2D eigenvalue weighted by Crippen LogP contribution is 2.32. The van der Waals surface area contributed by atoms with E-state index < -0.39 is 0 Å². The summed E-state index contributed by atoms with van der Waals surface area (Å²) in [5.74, 6) is 0. The lowest BCUT2D eigenvalue weighted by Gasteiger charge is -2.22. The molecule has 0 bridgehead atoms. The third-order valence-corrected chi connectivity index (χ3v) is 4.86. The SMILES string of the molecule is Nc1ccc2c(c1)CCC2NCCCOC1CCCCC1. The van der Waals surface area contributed by atoms with E-state index in [0.29, 0.717) is 12.1 Å². The zero-order valence-corrected chi connectivity index (χ0v) is 12.9. The average Bonchev–Trinajstić information content (AvgIpc) is 2.90. The molecule has 0 aromatic heterocycles. The normalized spacial score (nSPS) is 22.4. The second-order valence-electron chi connectivity index (χ2n) is 6.49. The van der Waals surface area contributed by atoms with Crippen LogP contribution in [0.25, 0.3) is 0 Å². The van der Waals surface area contributed by atoms with Gasteiger partial charge in [0.2, 0.25) is 0 Å². The summed E-state index contributed by atoms with van der Waals surface area (Å²) in [5, 5.41) is 3.67. The molecule has 21 heavy (non-hydrogen) atoms. The molecule has 0 aliphatic heterocycles. The Morgan fingerprint density at radius 1 is 1.14 bits per heavy atom. The Kier molecular flexibility index (Phi) is 5.15. The van der Waals surface area contributed by atoms with Gasteiger partial charge in [-0.2, -0.15) is 0 Å². The fourth-order valence-corrected chi connectivity index (χ4v) is 3.68. The van der Waals surface area contributed by atoms with Crippen LogP contribution in [0, 0.1) is 0 Å². The molecule has 3 rings (SSSR count).